The van der Waals surface area contributed by atoms with E-state index in [1.165, 1.54) is 6.07 Å². The lowest BCUT2D eigenvalue weighted by atomic mass is 10.00. The Morgan fingerprint density at radius 1 is 1.11 bits per heavy atom. The SMILES string of the molecule is C=C(C)C(=O)c1ccc(-c2ccccc2)c(F)c1. The van der Waals surface area contributed by atoms with Gasteiger partial charge in [-0.25, -0.2) is 4.39 Å². The smallest absolute Gasteiger partial charge is 0.188 e. The van der Waals surface area contributed by atoms with E-state index in [-0.39, 0.29) is 5.78 Å². The van der Waals surface area contributed by atoms with Gasteiger partial charge in [0.05, 0.1) is 0 Å². The summed E-state index contributed by atoms with van der Waals surface area (Å²) in [6.07, 6.45) is 0. The summed E-state index contributed by atoms with van der Waals surface area (Å²) in [5.74, 6) is -0.623. The molecule has 0 aliphatic rings. The Kier molecular flexibility index (Phi) is 3.38. The number of carbonyl (C=O) groups is 1. The molecule has 1 nitrogen and oxygen atoms in total. The zero-order valence-corrected chi connectivity index (χ0v) is 10.1. The van der Waals surface area contributed by atoms with Crippen LogP contribution in [0.1, 0.15) is 17.3 Å². The van der Waals surface area contributed by atoms with E-state index in [1.54, 1.807) is 19.1 Å². The van der Waals surface area contributed by atoms with Crippen LogP contribution < -0.4 is 0 Å². The average Bonchev–Trinajstić information content (AvgIpc) is 2.38. The van der Waals surface area contributed by atoms with E-state index in [2.05, 4.69) is 6.58 Å². The summed E-state index contributed by atoms with van der Waals surface area (Å²) >= 11 is 0. The van der Waals surface area contributed by atoms with Crippen LogP contribution in [0.5, 0.6) is 0 Å². The number of carbonyl (C=O) groups excluding carboxylic acids is 1. The predicted molar refractivity (Wildman–Crippen MR) is 71.0 cm³/mol. The van der Waals surface area contributed by atoms with Crippen LogP contribution >= 0.6 is 0 Å². The van der Waals surface area contributed by atoms with Crippen molar-refractivity contribution in [1.82, 2.24) is 0 Å². The van der Waals surface area contributed by atoms with Crippen molar-refractivity contribution in [1.29, 1.82) is 0 Å². The highest BCUT2D eigenvalue weighted by Crippen LogP contribution is 2.24. The molecule has 0 spiro atoms. The number of Topliss-reactive ketones (excluding diaryl/α,β-unsaturated/α-hetero) is 1. The van der Waals surface area contributed by atoms with E-state index in [1.807, 2.05) is 30.3 Å². The van der Waals surface area contributed by atoms with Gasteiger partial charge < -0.3 is 0 Å². The quantitative estimate of drug-likeness (QED) is 0.579. The van der Waals surface area contributed by atoms with Crippen molar-refractivity contribution in [3.05, 3.63) is 72.1 Å². The van der Waals surface area contributed by atoms with Crippen LogP contribution in [-0.2, 0) is 0 Å². The standard InChI is InChI=1S/C16H13FO/c1-11(2)16(18)13-8-9-14(15(17)10-13)12-6-4-3-5-7-12/h3-10H,1H2,2H3. The second-order valence-corrected chi connectivity index (χ2v) is 4.17. The number of ketones is 1. The van der Waals surface area contributed by atoms with Gasteiger partial charge in [-0.15, -0.1) is 0 Å². The van der Waals surface area contributed by atoms with Crippen molar-refractivity contribution in [3.8, 4) is 11.1 Å². The fraction of sp³-hybridized carbons (Fsp3) is 0.0625. The number of rotatable bonds is 3. The molecule has 2 aromatic carbocycles. The molecule has 0 N–H and O–H groups in total. The lowest BCUT2D eigenvalue weighted by molar-refractivity contribution is 0.103. The van der Waals surface area contributed by atoms with E-state index >= 15 is 0 Å². The van der Waals surface area contributed by atoms with Crippen molar-refractivity contribution in [3.63, 3.8) is 0 Å². The molecule has 0 saturated carbocycles. The average molecular weight is 240 g/mol. The van der Waals surface area contributed by atoms with E-state index in [4.69, 9.17) is 0 Å². The first-order chi connectivity index (χ1) is 8.59. The van der Waals surface area contributed by atoms with Gasteiger partial charge in [0.15, 0.2) is 5.78 Å². The summed E-state index contributed by atoms with van der Waals surface area (Å²) in [5.41, 5.74) is 2.03. The molecule has 0 saturated heterocycles. The van der Waals surface area contributed by atoms with Crippen LogP contribution in [0.25, 0.3) is 11.1 Å². The van der Waals surface area contributed by atoms with Crippen LogP contribution in [0.2, 0.25) is 0 Å². The third kappa shape index (κ3) is 2.38. The fourth-order valence-corrected chi connectivity index (χ4v) is 1.75. The van der Waals surface area contributed by atoms with Gasteiger partial charge in [-0.05, 0) is 24.1 Å². The maximum absolute atomic E-state index is 14.0. The zero-order chi connectivity index (χ0) is 13.1. The highest BCUT2D eigenvalue weighted by atomic mass is 19.1. The molecule has 18 heavy (non-hydrogen) atoms. The Morgan fingerprint density at radius 3 is 2.33 bits per heavy atom. The van der Waals surface area contributed by atoms with Crippen molar-refractivity contribution in [2.75, 3.05) is 0 Å². The molecule has 0 amide bonds. The summed E-state index contributed by atoms with van der Waals surface area (Å²) in [6.45, 7) is 5.19. The summed E-state index contributed by atoms with van der Waals surface area (Å²) in [7, 11) is 0. The number of hydrogen-bond acceptors (Lipinski definition) is 1. The summed E-state index contributed by atoms with van der Waals surface area (Å²) in [4.78, 5) is 11.7. The van der Waals surface area contributed by atoms with Gasteiger partial charge >= 0.3 is 0 Å². The molecule has 90 valence electrons. The first-order valence-electron chi connectivity index (χ1n) is 5.65. The maximum atomic E-state index is 14.0. The van der Waals surface area contributed by atoms with Gasteiger partial charge in [0.2, 0.25) is 0 Å². The van der Waals surface area contributed by atoms with Crippen molar-refractivity contribution in [2.24, 2.45) is 0 Å². The van der Waals surface area contributed by atoms with Crippen LogP contribution in [0.15, 0.2) is 60.7 Å². The monoisotopic (exact) mass is 240 g/mol. The largest absolute Gasteiger partial charge is 0.289 e. The molecule has 0 aliphatic carbocycles. The Hall–Kier alpha value is -2.22. The molecule has 0 heterocycles. The van der Waals surface area contributed by atoms with E-state index in [0.29, 0.717) is 16.7 Å². The summed E-state index contributed by atoms with van der Waals surface area (Å²) in [5, 5.41) is 0. The van der Waals surface area contributed by atoms with Crippen LogP contribution in [0.3, 0.4) is 0 Å². The summed E-state index contributed by atoms with van der Waals surface area (Å²) < 4.78 is 14.0. The third-order valence-corrected chi connectivity index (χ3v) is 2.70. The van der Waals surface area contributed by atoms with Gasteiger partial charge in [0.1, 0.15) is 5.82 Å². The summed E-state index contributed by atoms with van der Waals surface area (Å²) in [6, 6.07) is 13.8. The Morgan fingerprint density at radius 2 is 1.78 bits per heavy atom. The van der Waals surface area contributed by atoms with Gasteiger partial charge in [-0.2, -0.15) is 0 Å². The van der Waals surface area contributed by atoms with Crippen LogP contribution in [0.4, 0.5) is 4.39 Å². The van der Waals surface area contributed by atoms with Crippen LogP contribution in [-0.4, -0.2) is 5.78 Å². The molecule has 0 unspecified atom stereocenters. The predicted octanol–water partition coefficient (Wildman–Crippen LogP) is 4.25. The molecule has 0 atom stereocenters. The number of allylic oxidation sites excluding steroid dienone is 1. The minimum atomic E-state index is -0.395. The molecule has 0 radical (unpaired) electrons. The molecule has 2 rings (SSSR count). The number of hydrogen-bond donors (Lipinski definition) is 0. The molecule has 0 aromatic heterocycles. The molecule has 2 aromatic rings. The first kappa shape index (κ1) is 12.2. The molecule has 2 heteroatoms. The van der Waals surface area contributed by atoms with Gasteiger partial charge in [-0.3, -0.25) is 4.79 Å². The zero-order valence-electron chi connectivity index (χ0n) is 10.1. The molecular formula is C16H13FO. The number of benzene rings is 2. The normalized spacial score (nSPS) is 10.1. The Bertz CT molecular complexity index is 600. The number of halogens is 1. The highest BCUT2D eigenvalue weighted by Gasteiger charge is 2.11. The third-order valence-electron chi connectivity index (χ3n) is 2.70. The molecular weight excluding hydrogens is 227 g/mol. The maximum Gasteiger partial charge on any atom is 0.188 e. The lowest BCUT2D eigenvalue weighted by Gasteiger charge is -2.06. The lowest BCUT2D eigenvalue weighted by Crippen LogP contribution is -2.00. The fourth-order valence-electron chi connectivity index (χ4n) is 1.75. The Balaban J connectivity index is 2.43. The second kappa shape index (κ2) is 4.96. The molecule has 0 aliphatic heterocycles. The van der Waals surface area contributed by atoms with Crippen molar-refractivity contribution >= 4 is 5.78 Å². The van der Waals surface area contributed by atoms with Crippen molar-refractivity contribution in [2.45, 2.75) is 6.92 Å². The van der Waals surface area contributed by atoms with E-state index < -0.39 is 5.82 Å². The van der Waals surface area contributed by atoms with Gasteiger partial charge in [-0.1, -0.05) is 49.0 Å². The first-order valence-corrected chi connectivity index (χ1v) is 5.65. The van der Waals surface area contributed by atoms with Crippen LogP contribution in [0, 0.1) is 5.82 Å². The van der Waals surface area contributed by atoms with E-state index in [0.717, 1.165) is 5.56 Å². The van der Waals surface area contributed by atoms with Gasteiger partial charge in [0.25, 0.3) is 0 Å². The Labute approximate surface area is 106 Å². The van der Waals surface area contributed by atoms with Gasteiger partial charge in [0, 0.05) is 11.1 Å². The molecule has 0 fully saturated rings. The van der Waals surface area contributed by atoms with Crippen molar-refractivity contribution < 1.29 is 9.18 Å². The molecule has 0 bridgehead atoms. The topological polar surface area (TPSA) is 17.1 Å². The minimum Gasteiger partial charge on any atom is -0.289 e. The van der Waals surface area contributed by atoms with E-state index in [9.17, 15) is 9.18 Å². The highest BCUT2D eigenvalue weighted by molar-refractivity contribution is 6.08. The second-order valence-electron chi connectivity index (χ2n) is 4.17. The minimum absolute atomic E-state index is 0.228.